The van der Waals surface area contributed by atoms with E-state index in [1.165, 1.54) is 6.07 Å². The molecule has 1 aromatic carbocycles. The fraction of sp³-hybridized carbons (Fsp3) is 0.543. The van der Waals surface area contributed by atoms with Crippen LogP contribution in [0.25, 0.3) is 33.6 Å². The van der Waals surface area contributed by atoms with Crippen molar-refractivity contribution < 1.29 is 22.8 Å². The van der Waals surface area contributed by atoms with Crippen LogP contribution >= 0.6 is 0 Å². The molecule has 246 valence electrons. The smallest absolute Gasteiger partial charge is 0.260 e. The number of rotatable bonds is 8. The molecule has 4 aliphatic carbocycles. The molecule has 9 nitrogen and oxygen atoms in total. The lowest BCUT2D eigenvalue weighted by Crippen LogP contribution is -2.51. The number of fused-ring (bicyclic) bond motifs is 4. The number of hydrogen-bond donors (Lipinski definition) is 2. The molecule has 5 aliphatic rings. The second-order valence-corrected chi connectivity index (χ2v) is 14.7. The summed E-state index contributed by atoms with van der Waals surface area (Å²) in [5.74, 6) is -3.96. The number of carbonyl (C=O) groups is 2. The van der Waals surface area contributed by atoms with Crippen LogP contribution in [-0.4, -0.2) is 60.4 Å². The number of alkyl halides is 2. The van der Waals surface area contributed by atoms with E-state index in [-0.39, 0.29) is 24.0 Å². The molecule has 2 bridgehead atoms. The van der Waals surface area contributed by atoms with Gasteiger partial charge >= 0.3 is 0 Å². The number of benzene rings is 1. The van der Waals surface area contributed by atoms with Crippen molar-refractivity contribution in [3.05, 3.63) is 47.4 Å². The lowest BCUT2D eigenvalue weighted by Gasteiger charge is -2.37. The maximum atomic E-state index is 16.1. The number of hydrogen-bond acceptors (Lipinski definition) is 5. The minimum absolute atomic E-state index is 0.0586. The summed E-state index contributed by atoms with van der Waals surface area (Å²) < 4.78 is 47.3. The van der Waals surface area contributed by atoms with Crippen LogP contribution in [0.2, 0.25) is 0 Å². The molecule has 4 saturated carbocycles. The van der Waals surface area contributed by atoms with Crippen LogP contribution in [0, 0.1) is 23.6 Å². The molecular weight excluding hydrogens is 607 g/mol. The first kappa shape index (κ1) is 29.2. The van der Waals surface area contributed by atoms with Crippen LogP contribution in [0.1, 0.15) is 86.4 Å². The van der Waals surface area contributed by atoms with Crippen molar-refractivity contribution in [1.29, 1.82) is 0 Å². The van der Waals surface area contributed by atoms with E-state index in [1.807, 2.05) is 27.7 Å². The number of likely N-dealkylation sites (tertiary alicyclic amines) is 1. The summed E-state index contributed by atoms with van der Waals surface area (Å²) in [5.41, 5.74) is 9.65. The summed E-state index contributed by atoms with van der Waals surface area (Å²) in [7, 11) is 0. The number of pyridine rings is 1. The third-order valence-electron chi connectivity index (χ3n) is 11.1. The first-order chi connectivity index (χ1) is 22.6. The van der Waals surface area contributed by atoms with E-state index in [1.54, 1.807) is 13.0 Å². The van der Waals surface area contributed by atoms with Gasteiger partial charge < -0.3 is 25.1 Å². The average molecular weight is 646 g/mol. The van der Waals surface area contributed by atoms with E-state index in [0.717, 1.165) is 56.0 Å². The predicted octanol–water partition coefficient (Wildman–Crippen LogP) is 5.72. The molecule has 47 heavy (non-hydrogen) atoms. The van der Waals surface area contributed by atoms with Crippen LogP contribution < -0.4 is 11.1 Å². The van der Waals surface area contributed by atoms with Crippen LogP contribution in [-0.2, 0) is 11.3 Å². The van der Waals surface area contributed by atoms with Gasteiger partial charge in [0.15, 0.2) is 5.82 Å². The summed E-state index contributed by atoms with van der Waals surface area (Å²) in [6.45, 7) is 2.95. The molecule has 0 radical (unpaired) electrons. The molecule has 4 aromatic rings. The van der Waals surface area contributed by atoms with Crippen molar-refractivity contribution in [1.82, 2.24) is 29.3 Å². The second-order valence-electron chi connectivity index (χ2n) is 14.7. The molecular formula is C35H38F3N7O2. The predicted molar refractivity (Wildman–Crippen MR) is 169 cm³/mol. The van der Waals surface area contributed by atoms with Crippen molar-refractivity contribution in [2.75, 3.05) is 6.54 Å². The Hall–Kier alpha value is -3.93. The molecule has 0 unspecified atom stereocenters. The normalized spacial score (nSPS) is 27.0. The number of halogens is 3. The van der Waals surface area contributed by atoms with Gasteiger partial charge in [0.1, 0.15) is 22.9 Å². The van der Waals surface area contributed by atoms with Gasteiger partial charge in [0, 0.05) is 48.6 Å². The van der Waals surface area contributed by atoms with Gasteiger partial charge in [0.2, 0.25) is 5.91 Å². The Morgan fingerprint density at radius 1 is 1.06 bits per heavy atom. The molecule has 1 aliphatic heterocycles. The van der Waals surface area contributed by atoms with Crippen molar-refractivity contribution in [3.8, 4) is 11.5 Å². The lowest BCUT2D eigenvalue weighted by molar-refractivity contribution is -0.125. The molecule has 4 heterocycles. The van der Waals surface area contributed by atoms with Crippen LogP contribution in [0.15, 0.2) is 30.3 Å². The Kier molecular flexibility index (Phi) is 6.39. The minimum atomic E-state index is -2.93. The Balaban J connectivity index is 1.11. The Morgan fingerprint density at radius 3 is 2.55 bits per heavy atom. The van der Waals surface area contributed by atoms with Crippen LogP contribution in [0.3, 0.4) is 0 Å². The van der Waals surface area contributed by atoms with Gasteiger partial charge in [0.05, 0.1) is 22.9 Å². The fourth-order valence-corrected chi connectivity index (χ4v) is 7.98. The van der Waals surface area contributed by atoms with Crippen LogP contribution in [0.5, 0.6) is 0 Å². The number of imidazole rings is 1. The summed E-state index contributed by atoms with van der Waals surface area (Å²) in [6, 6.07) is 8.49. The first-order valence-corrected chi connectivity index (χ1v) is 17.0. The fourth-order valence-electron chi connectivity index (χ4n) is 7.98. The van der Waals surface area contributed by atoms with Gasteiger partial charge in [-0.3, -0.25) is 9.59 Å². The Morgan fingerprint density at radius 2 is 1.83 bits per heavy atom. The van der Waals surface area contributed by atoms with Crippen LogP contribution in [0.4, 0.5) is 13.2 Å². The van der Waals surface area contributed by atoms with E-state index in [9.17, 15) is 18.4 Å². The maximum Gasteiger partial charge on any atom is 0.260 e. The monoisotopic (exact) mass is 645 g/mol. The highest BCUT2D eigenvalue weighted by Crippen LogP contribution is 2.49. The molecule has 1 saturated heterocycles. The highest BCUT2D eigenvalue weighted by molar-refractivity contribution is 5.98. The number of nitrogens with one attached hydrogen (secondary N) is 1. The summed E-state index contributed by atoms with van der Waals surface area (Å²) >= 11 is 0. The van der Waals surface area contributed by atoms with E-state index >= 15 is 4.39 Å². The zero-order valence-electron chi connectivity index (χ0n) is 26.3. The standard InChI is InChI=1S/C35H38F3N7O2/c1-17(40-33(46)24-14-35(24,37)38)27-9-5-20-13-29(44(31(20)41-27)15-18-2-3-18)32-42-28-12-21(11-25(36)30(28)45(32)22-7-8-22)34(47)43-16-26(39)19-4-6-23(43)10-19/h5,9,11-13,17-19,22-24,26H,2-4,6-8,10,14-16,39H2,1H3,(H,40,46)/t17-,19+,23-,24+,26+/m1/s1. The third kappa shape index (κ3) is 4.93. The molecule has 12 heteroatoms. The van der Waals surface area contributed by atoms with E-state index in [4.69, 9.17) is 15.7 Å². The molecule has 5 fully saturated rings. The summed E-state index contributed by atoms with van der Waals surface area (Å²) in [6.07, 6.45) is 6.46. The zero-order chi connectivity index (χ0) is 32.4. The number of amides is 2. The molecule has 0 spiro atoms. The molecule has 5 atom stereocenters. The first-order valence-electron chi connectivity index (χ1n) is 17.0. The van der Waals surface area contributed by atoms with Crippen molar-refractivity contribution in [2.45, 2.75) is 94.9 Å². The van der Waals surface area contributed by atoms with Crippen molar-refractivity contribution >= 4 is 33.9 Å². The SMILES string of the molecule is C[C@@H](NC(=O)[C@@H]1CC1(F)F)c1ccc2cc(-c3nc4cc(C(=O)N5C[C@H](N)[C@H]6CC[C@@H]5C6)cc(F)c4n3C3CC3)n(CC3CC3)c2n1. The maximum absolute atomic E-state index is 16.1. The third-order valence-corrected chi connectivity index (χ3v) is 11.1. The molecule has 2 amide bonds. The highest BCUT2D eigenvalue weighted by atomic mass is 19.3. The number of aromatic nitrogens is 4. The second kappa shape index (κ2) is 10.3. The highest BCUT2D eigenvalue weighted by Gasteiger charge is 2.61. The van der Waals surface area contributed by atoms with Gasteiger partial charge in [-0.05, 0) is 94.0 Å². The molecule has 3 aromatic heterocycles. The van der Waals surface area contributed by atoms with Crippen molar-refractivity contribution in [3.63, 3.8) is 0 Å². The van der Waals surface area contributed by atoms with Crippen molar-refractivity contribution in [2.24, 2.45) is 23.5 Å². The van der Waals surface area contributed by atoms with E-state index in [2.05, 4.69) is 9.88 Å². The topological polar surface area (TPSA) is 111 Å². The minimum Gasteiger partial charge on any atom is -0.348 e. The van der Waals surface area contributed by atoms with Gasteiger partial charge in [-0.2, -0.15) is 0 Å². The van der Waals surface area contributed by atoms with E-state index in [0.29, 0.717) is 58.7 Å². The largest absolute Gasteiger partial charge is 0.348 e. The van der Waals surface area contributed by atoms with Gasteiger partial charge in [-0.1, -0.05) is 0 Å². The van der Waals surface area contributed by atoms with E-state index < -0.39 is 36.0 Å². The number of piperidine rings is 1. The summed E-state index contributed by atoms with van der Waals surface area (Å²) in [5, 5.41) is 3.58. The van der Waals surface area contributed by atoms with Gasteiger partial charge in [-0.25, -0.2) is 23.1 Å². The zero-order valence-corrected chi connectivity index (χ0v) is 26.3. The number of carbonyl (C=O) groups excluding carboxylic acids is 2. The Labute approximate surface area is 269 Å². The number of nitrogens with zero attached hydrogens (tertiary/aromatic N) is 5. The molecule has 9 rings (SSSR count). The van der Waals surface area contributed by atoms with Gasteiger partial charge in [-0.15, -0.1) is 0 Å². The Bertz CT molecular complexity index is 1960. The summed E-state index contributed by atoms with van der Waals surface area (Å²) in [4.78, 5) is 38.0. The average Bonchev–Trinajstić information content (AvgIpc) is 4.00. The lowest BCUT2D eigenvalue weighted by atomic mass is 9.94. The quantitative estimate of drug-likeness (QED) is 0.255. The number of nitrogens with two attached hydrogens (primary N) is 1. The van der Waals surface area contributed by atoms with Gasteiger partial charge in [0.25, 0.3) is 11.8 Å². The molecule has 3 N–H and O–H groups in total.